The van der Waals surface area contributed by atoms with Gasteiger partial charge in [-0.15, -0.1) is 0 Å². The van der Waals surface area contributed by atoms with Crippen LogP contribution in [0.4, 0.5) is 5.82 Å². The maximum atomic E-state index is 11.6. The molecule has 1 aliphatic heterocycles. The van der Waals surface area contributed by atoms with E-state index in [9.17, 15) is 9.90 Å². The number of hydrogen-bond donors (Lipinski definition) is 1. The lowest BCUT2D eigenvalue weighted by Crippen LogP contribution is -2.44. The molecule has 1 aromatic heterocycles. The number of carbonyl (C=O) groups is 1. The number of ether oxygens (including phenoxy) is 1. The predicted molar refractivity (Wildman–Crippen MR) is 80.0 cm³/mol. The third-order valence-electron chi connectivity index (χ3n) is 4.75. The van der Waals surface area contributed by atoms with Crippen LogP contribution in [-0.4, -0.2) is 42.4 Å². The van der Waals surface area contributed by atoms with Crippen molar-refractivity contribution in [3.8, 4) is 0 Å². The summed E-state index contributed by atoms with van der Waals surface area (Å²) < 4.78 is 5.53. The van der Waals surface area contributed by atoms with Crippen LogP contribution in [0.3, 0.4) is 0 Å². The maximum absolute atomic E-state index is 11.6. The number of fused-ring (bicyclic) bond motifs is 1. The molecule has 0 radical (unpaired) electrons. The van der Waals surface area contributed by atoms with E-state index in [1.807, 2.05) is 6.07 Å². The number of aromatic nitrogens is 1. The van der Waals surface area contributed by atoms with Crippen LogP contribution in [0, 0.1) is 5.92 Å². The van der Waals surface area contributed by atoms with Crippen molar-refractivity contribution in [1.82, 2.24) is 4.98 Å². The average Bonchev–Trinajstić information content (AvgIpc) is 2.93. The number of aromatic carboxylic acids is 1. The molecule has 2 unspecified atom stereocenters. The fourth-order valence-electron chi connectivity index (χ4n) is 3.39. The lowest BCUT2D eigenvalue weighted by molar-refractivity contribution is 0.0494. The quantitative estimate of drug-likeness (QED) is 0.924. The summed E-state index contributed by atoms with van der Waals surface area (Å²) in [5.74, 6) is 0.228. The van der Waals surface area contributed by atoms with E-state index < -0.39 is 5.97 Å². The van der Waals surface area contributed by atoms with Crippen LogP contribution in [0.5, 0.6) is 0 Å². The van der Waals surface area contributed by atoms with Crippen LogP contribution >= 0.6 is 0 Å². The topological polar surface area (TPSA) is 62.7 Å². The third kappa shape index (κ3) is 2.62. The molecule has 1 aromatic rings. The molecular weight excluding hydrogens is 268 g/mol. The van der Waals surface area contributed by atoms with Gasteiger partial charge in [0, 0.05) is 25.9 Å². The number of anilines is 1. The Bertz CT molecular complexity index is 559. The molecule has 5 nitrogen and oxygen atoms in total. The van der Waals surface area contributed by atoms with Gasteiger partial charge < -0.3 is 14.7 Å². The van der Waals surface area contributed by atoms with E-state index in [1.165, 1.54) is 0 Å². The minimum Gasteiger partial charge on any atom is -0.478 e. The molecule has 1 fully saturated rings. The standard InChI is InChI=1S/C16H22N2O3/c1-10-6-7-18(9-14(10)21-2)15-12(16(19)20)8-11-4-3-5-13(11)17-15/h8,10,14H,3-7,9H2,1-2H3,(H,19,20). The lowest BCUT2D eigenvalue weighted by Gasteiger charge is -2.37. The number of carboxylic acids is 1. The van der Waals surface area contributed by atoms with E-state index in [2.05, 4.69) is 16.8 Å². The number of piperidine rings is 1. The molecule has 2 heterocycles. The molecule has 1 saturated heterocycles. The highest BCUT2D eigenvalue weighted by molar-refractivity contribution is 5.93. The summed E-state index contributed by atoms with van der Waals surface area (Å²) in [6.45, 7) is 3.73. The molecule has 0 saturated carbocycles. The van der Waals surface area contributed by atoms with Crippen molar-refractivity contribution >= 4 is 11.8 Å². The fraction of sp³-hybridized carbons (Fsp3) is 0.625. The van der Waals surface area contributed by atoms with Gasteiger partial charge in [-0.05, 0) is 43.2 Å². The van der Waals surface area contributed by atoms with Gasteiger partial charge in [-0.25, -0.2) is 9.78 Å². The molecule has 5 heteroatoms. The summed E-state index contributed by atoms with van der Waals surface area (Å²) in [6, 6.07) is 1.83. The first-order valence-electron chi connectivity index (χ1n) is 7.64. The molecule has 114 valence electrons. The van der Waals surface area contributed by atoms with Crippen LogP contribution in [0.1, 0.15) is 41.4 Å². The number of nitrogens with zero attached hydrogens (tertiary/aromatic N) is 2. The second-order valence-electron chi connectivity index (χ2n) is 6.11. The summed E-state index contributed by atoms with van der Waals surface area (Å²) in [6.07, 6.45) is 4.11. The van der Waals surface area contributed by atoms with Gasteiger partial charge in [0.25, 0.3) is 0 Å². The van der Waals surface area contributed by atoms with Gasteiger partial charge in [0.05, 0.1) is 6.10 Å². The number of pyridine rings is 1. The van der Waals surface area contributed by atoms with Crippen LogP contribution < -0.4 is 4.90 Å². The Morgan fingerprint density at radius 3 is 3.00 bits per heavy atom. The van der Waals surface area contributed by atoms with E-state index in [4.69, 9.17) is 4.74 Å². The molecular formula is C16H22N2O3. The summed E-state index contributed by atoms with van der Waals surface area (Å²) in [5, 5.41) is 9.50. The molecule has 1 aliphatic carbocycles. The zero-order valence-corrected chi connectivity index (χ0v) is 12.6. The number of carboxylic acid groups (broad SMARTS) is 1. The van der Waals surface area contributed by atoms with Crippen molar-refractivity contribution in [3.05, 3.63) is 22.9 Å². The highest BCUT2D eigenvalue weighted by Crippen LogP contribution is 2.30. The Balaban J connectivity index is 1.95. The van der Waals surface area contributed by atoms with Crippen molar-refractivity contribution in [1.29, 1.82) is 0 Å². The molecule has 2 aliphatic rings. The number of aryl methyl sites for hydroxylation is 2. The third-order valence-corrected chi connectivity index (χ3v) is 4.75. The van der Waals surface area contributed by atoms with Crippen molar-refractivity contribution < 1.29 is 14.6 Å². The van der Waals surface area contributed by atoms with Gasteiger partial charge in [0.2, 0.25) is 0 Å². The van der Waals surface area contributed by atoms with Gasteiger partial charge in [0.15, 0.2) is 0 Å². The molecule has 3 rings (SSSR count). The van der Waals surface area contributed by atoms with Crippen LogP contribution in [0.25, 0.3) is 0 Å². The summed E-state index contributed by atoms with van der Waals surface area (Å²) in [4.78, 5) is 18.3. The number of methoxy groups -OCH3 is 1. The molecule has 0 spiro atoms. The first-order valence-corrected chi connectivity index (χ1v) is 7.64. The fourth-order valence-corrected chi connectivity index (χ4v) is 3.39. The second kappa shape index (κ2) is 5.64. The normalized spacial score (nSPS) is 25.0. The molecule has 1 N–H and O–H groups in total. The first-order chi connectivity index (χ1) is 10.1. The predicted octanol–water partition coefficient (Wildman–Crippen LogP) is 2.13. The van der Waals surface area contributed by atoms with Gasteiger partial charge in [-0.2, -0.15) is 0 Å². The zero-order chi connectivity index (χ0) is 15.0. The minimum atomic E-state index is -0.889. The minimum absolute atomic E-state index is 0.135. The molecule has 0 bridgehead atoms. The lowest BCUT2D eigenvalue weighted by atomic mass is 9.95. The zero-order valence-electron chi connectivity index (χ0n) is 12.6. The SMILES string of the molecule is COC1CN(c2nc3c(cc2C(=O)O)CCC3)CCC1C. The summed E-state index contributed by atoms with van der Waals surface area (Å²) in [7, 11) is 1.72. The molecule has 0 aromatic carbocycles. The molecule has 2 atom stereocenters. The van der Waals surface area contributed by atoms with E-state index in [-0.39, 0.29) is 6.10 Å². The van der Waals surface area contributed by atoms with Crippen LogP contribution in [0.2, 0.25) is 0 Å². The Morgan fingerprint density at radius 2 is 2.29 bits per heavy atom. The van der Waals surface area contributed by atoms with Gasteiger partial charge in [-0.1, -0.05) is 6.92 Å². The Labute approximate surface area is 124 Å². The van der Waals surface area contributed by atoms with Crippen molar-refractivity contribution in [2.24, 2.45) is 5.92 Å². The largest absolute Gasteiger partial charge is 0.478 e. The summed E-state index contributed by atoms with van der Waals surface area (Å²) in [5.41, 5.74) is 2.51. The first kappa shape index (κ1) is 14.3. The molecule has 0 amide bonds. The van der Waals surface area contributed by atoms with E-state index in [1.54, 1.807) is 7.11 Å². The number of hydrogen-bond acceptors (Lipinski definition) is 4. The Morgan fingerprint density at radius 1 is 1.48 bits per heavy atom. The van der Waals surface area contributed by atoms with E-state index in [0.717, 1.165) is 43.5 Å². The summed E-state index contributed by atoms with van der Waals surface area (Å²) >= 11 is 0. The average molecular weight is 290 g/mol. The van der Waals surface area contributed by atoms with Gasteiger partial charge in [-0.3, -0.25) is 0 Å². The Hall–Kier alpha value is -1.62. The van der Waals surface area contributed by atoms with E-state index in [0.29, 0.717) is 23.8 Å². The molecule has 21 heavy (non-hydrogen) atoms. The highest BCUT2D eigenvalue weighted by atomic mass is 16.5. The maximum Gasteiger partial charge on any atom is 0.339 e. The van der Waals surface area contributed by atoms with Gasteiger partial charge >= 0.3 is 5.97 Å². The second-order valence-corrected chi connectivity index (χ2v) is 6.11. The van der Waals surface area contributed by atoms with Crippen molar-refractivity contribution in [2.45, 2.75) is 38.7 Å². The highest BCUT2D eigenvalue weighted by Gasteiger charge is 2.30. The van der Waals surface area contributed by atoms with E-state index >= 15 is 0 Å². The van der Waals surface area contributed by atoms with Crippen molar-refractivity contribution in [3.63, 3.8) is 0 Å². The van der Waals surface area contributed by atoms with Crippen LogP contribution in [-0.2, 0) is 17.6 Å². The van der Waals surface area contributed by atoms with Crippen LogP contribution in [0.15, 0.2) is 6.07 Å². The monoisotopic (exact) mass is 290 g/mol. The number of rotatable bonds is 3. The smallest absolute Gasteiger partial charge is 0.339 e. The van der Waals surface area contributed by atoms with Gasteiger partial charge in [0.1, 0.15) is 11.4 Å². The van der Waals surface area contributed by atoms with Crippen molar-refractivity contribution in [2.75, 3.05) is 25.1 Å². The Kier molecular flexibility index (Phi) is 3.85.